The van der Waals surface area contributed by atoms with Gasteiger partial charge in [0.25, 0.3) is 0 Å². The van der Waals surface area contributed by atoms with Gasteiger partial charge in [-0.05, 0) is 40.8 Å². The molecule has 0 spiro atoms. The average Bonchev–Trinajstić information content (AvgIpc) is 2.56. The lowest BCUT2D eigenvalue weighted by Crippen LogP contribution is -2.18. The largest absolute Gasteiger partial charge is 0.508 e. The van der Waals surface area contributed by atoms with E-state index in [2.05, 4.69) is 41.5 Å². The maximum atomic E-state index is 9.30. The normalized spacial score (nSPS) is 11.6. The Labute approximate surface area is 147 Å². The Morgan fingerprint density at radius 2 is 0.917 bits per heavy atom. The second kappa shape index (κ2) is 8.23. The summed E-state index contributed by atoms with van der Waals surface area (Å²) in [5.74, 6) is 0.547. The van der Waals surface area contributed by atoms with Crippen LogP contribution in [0.1, 0.15) is 65.5 Å². The lowest BCUT2D eigenvalue weighted by atomic mass is 9.78. The zero-order valence-electron chi connectivity index (χ0n) is 15.9. The Morgan fingerprint density at radius 1 is 0.625 bits per heavy atom. The van der Waals surface area contributed by atoms with Crippen LogP contribution in [-0.4, -0.2) is 10.2 Å². The summed E-state index contributed by atoms with van der Waals surface area (Å²) in [6.45, 7) is 13.3. The van der Waals surface area contributed by atoms with Crippen molar-refractivity contribution in [3.8, 4) is 11.5 Å². The minimum Gasteiger partial charge on any atom is -0.508 e. The third-order valence-corrected chi connectivity index (χ3v) is 5.09. The lowest BCUT2D eigenvalue weighted by molar-refractivity contribution is 0.338. The van der Waals surface area contributed by atoms with E-state index in [1.54, 1.807) is 24.3 Å². The number of aromatic hydroxyl groups is 2. The van der Waals surface area contributed by atoms with Gasteiger partial charge in [-0.15, -0.1) is 0 Å². The van der Waals surface area contributed by atoms with E-state index in [1.807, 2.05) is 24.3 Å². The molecular weight excluding hydrogens is 296 g/mol. The van der Waals surface area contributed by atoms with Gasteiger partial charge in [0, 0.05) is 5.41 Å². The molecule has 0 aromatic heterocycles. The SMILES string of the molecule is CC(C)(c1ccc(O)cc1)c1ccc(O)cc1.CCC(C)(C)CC. The maximum absolute atomic E-state index is 9.30. The highest BCUT2D eigenvalue weighted by Crippen LogP contribution is 2.32. The van der Waals surface area contributed by atoms with Gasteiger partial charge in [-0.3, -0.25) is 0 Å². The van der Waals surface area contributed by atoms with Gasteiger partial charge in [0.1, 0.15) is 11.5 Å². The minimum absolute atomic E-state index is 0.151. The van der Waals surface area contributed by atoms with Gasteiger partial charge >= 0.3 is 0 Å². The van der Waals surface area contributed by atoms with Crippen LogP contribution in [0.25, 0.3) is 0 Å². The highest BCUT2D eigenvalue weighted by molar-refractivity contribution is 5.41. The molecule has 2 rings (SSSR count). The fourth-order valence-corrected chi connectivity index (χ4v) is 2.17. The summed E-state index contributed by atoms with van der Waals surface area (Å²) in [7, 11) is 0. The zero-order chi connectivity index (χ0) is 18.4. The number of hydrogen-bond donors (Lipinski definition) is 2. The molecule has 132 valence electrons. The van der Waals surface area contributed by atoms with Crippen LogP contribution in [0, 0.1) is 5.41 Å². The summed E-state index contributed by atoms with van der Waals surface area (Å²) in [4.78, 5) is 0. The van der Waals surface area contributed by atoms with E-state index in [0.717, 1.165) is 11.1 Å². The van der Waals surface area contributed by atoms with Crippen molar-refractivity contribution >= 4 is 0 Å². The van der Waals surface area contributed by atoms with Crippen LogP contribution in [0.15, 0.2) is 48.5 Å². The van der Waals surface area contributed by atoms with E-state index in [0.29, 0.717) is 5.41 Å². The molecule has 0 aliphatic carbocycles. The summed E-state index contributed by atoms with van der Waals surface area (Å²) in [6, 6.07) is 14.4. The van der Waals surface area contributed by atoms with Crippen molar-refractivity contribution in [2.45, 2.75) is 59.8 Å². The van der Waals surface area contributed by atoms with E-state index in [9.17, 15) is 10.2 Å². The molecule has 0 heterocycles. The number of phenolic OH excluding ortho intramolecular Hbond substituents is 2. The van der Waals surface area contributed by atoms with Gasteiger partial charge < -0.3 is 10.2 Å². The van der Waals surface area contributed by atoms with Gasteiger partial charge in [-0.1, -0.05) is 78.6 Å². The lowest BCUT2D eigenvalue weighted by Gasteiger charge is -2.26. The second-order valence-corrected chi connectivity index (χ2v) is 7.59. The van der Waals surface area contributed by atoms with Crippen LogP contribution in [0.5, 0.6) is 11.5 Å². The molecular formula is C22H32O2. The van der Waals surface area contributed by atoms with Crippen LogP contribution >= 0.6 is 0 Å². The van der Waals surface area contributed by atoms with Crippen molar-refractivity contribution < 1.29 is 10.2 Å². The van der Waals surface area contributed by atoms with Crippen LogP contribution in [0.4, 0.5) is 0 Å². The van der Waals surface area contributed by atoms with E-state index >= 15 is 0 Å². The highest BCUT2D eigenvalue weighted by Gasteiger charge is 2.22. The zero-order valence-corrected chi connectivity index (χ0v) is 15.9. The Kier molecular flexibility index (Phi) is 6.89. The summed E-state index contributed by atoms with van der Waals surface area (Å²) in [5.41, 5.74) is 2.68. The van der Waals surface area contributed by atoms with Crippen molar-refractivity contribution in [3.63, 3.8) is 0 Å². The Morgan fingerprint density at radius 3 is 1.12 bits per heavy atom. The van der Waals surface area contributed by atoms with Crippen molar-refractivity contribution in [1.29, 1.82) is 0 Å². The van der Waals surface area contributed by atoms with Crippen LogP contribution in [-0.2, 0) is 5.41 Å². The molecule has 0 saturated heterocycles. The summed E-state index contributed by atoms with van der Waals surface area (Å²) < 4.78 is 0. The first-order chi connectivity index (χ1) is 11.1. The summed E-state index contributed by atoms with van der Waals surface area (Å²) >= 11 is 0. The molecule has 0 aliphatic heterocycles. The van der Waals surface area contributed by atoms with Crippen molar-refractivity contribution in [1.82, 2.24) is 0 Å². The fourth-order valence-electron chi connectivity index (χ4n) is 2.17. The van der Waals surface area contributed by atoms with Gasteiger partial charge in [0.2, 0.25) is 0 Å². The molecule has 24 heavy (non-hydrogen) atoms. The first-order valence-electron chi connectivity index (χ1n) is 8.71. The smallest absolute Gasteiger partial charge is 0.115 e. The van der Waals surface area contributed by atoms with Gasteiger partial charge in [-0.25, -0.2) is 0 Å². The summed E-state index contributed by atoms with van der Waals surface area (Å²) in [6.07, 6.45) is 2.59. The van der Waals surface area contributed by atoms with E-state index in [4.69, 9.17) is 0 Å². The molecule has 2 aromatic rings. The molecule has 0 saturated carbocycles. The van der Waals surface area contributed by atoms with Gasteiger partial charge in [-0.2, -0.15) is 0 Å². The molecule has 2 nitrogen and oxygen atoms in total. The number of phenols is 2. The fraction of sp³-hybridized carbons (Fsp3) is 0.455. The highest BCUT2D eigenvalue weighted by atomic mass is 16.3. The van der Waals surface area contributed by atoms with Crippen LogP contribution in [0.3, 0.4) is 0 Å². The predicted octanol–water partition coefficient (Wildman–Crippen LogP) is 6.26. The van der Waals surface area contributed by atoms with E-state index in [1.165, 1.54) is 12.8 Å². The van der Waals surface area contributed by atoms with E-state index < -0.39 is 0 Å². The molecule has 0 fully saturated rings. The molecule has 0 amide bonds. The van der Waals surface area contributed by atoms with Crippen molar-refractivity contribution in [2.24, 2.45) is 5.41 Å². The first-order valence-corrected chi connectivity index (χ1v) is 8.71. The molecule has 0 aliphatic rings. The third-order valence-electron chi connectivity index (χ3n) is 5.09. The minimum atomic E-state index is -0.151. The molecule has 0 unspecified atom stereocenters. The Balaban J connectivity index is 0.000000351. The Bertz CT molecular complexity index is 554. The van der Waals surface area contributed by atoms with E-state index in [-0.39, 0.29) is 16.9 Å². The van der Waals surface area contributed by atoms with Crippen LogP contribution in [0.2, 0.25) is 0 Å². The van der Waals surface area contributed by atoms with Crippen molar-refractivity contribution in [3.05, 3.63) is 59.7 Å². The number of rotatable bonds is 4. The quantitative estimate of drug-likeness (QED) is 0.695. The monoisotopic (exact) mass is 328 g/mol. The van der Waals surface area contributed by atoms with Gasteiger partial charge in [0.15, 0.2) is 0 Å². The summed E-state index contributed by atoms with van der Waals surface area (Å²) in [5, 5.41) is 18.6. The molecule has 0 bridgehead atoms. The van der Waals surface area contributed by atoms with Gasteiger partial charge in [0.05, 0.1) is 0 Å². The maximum Gasteiger partial charge on any atom is 0.115 e. The molecule has 2 aromatic carbocycles. The predicted molar refractivity (Wildman–Crippen MR) is 103 cm³/mol. The molecule has 2 heteroatoms. The molecule has 0 atom stereocenters. The third kappa shape index (κ3) is 5.59. The number of hydrogen-bond acceptors (Lipinski definition) is 2. The Hall–Kier alpha value is -1.96. The first kappa shape index (κ1) is 20.1. The molecule has 2 N–H and O–H groups in total. The average molecular weight is 328 g/mol. The van der Waals surface area contributed by atoms with Crippen LogP contribution < -0.4 is 0 Å². The topological polar surface area (TPSA) is 40.5 Å². The number of benzene rings is 2. The second-order valence-electron chi connectivity index (χ2n) is 7.59. The standard InChI is InChI=1S/C15H16O2.C7H16/c1-15(2,11-3-7-13(16)8-4-11)12-5-9-14(17)10-6-12;1-5-7(3,4)6-2/h3-10,16-17H,1-2H3;5-6H2,1-4H3. The van der Waals surface area contributed by atoms with Crippen molar-refractivity contribution in [2.75, 3.05) is 0 Å². The molecule has 0 radical (unpaired) electrons.